The van der Waals surface area contributed by atoms with Gasteiger partial charge in [-0.05, 0) is 39.4 Å². The molecule has 0 unspecified atom stereocenters. The lowest BCUT2D eigenvalue weighted by atomic mass is 10.1. The van der Waals surface area contributed by atoms with Crippen LogP contribution in [0.25, 0.3) is 0 Å². The predicted molar refractivity (Wildman–Crippen MR) is 69.9 cm³/mol. The van der Waals surface area contributed by atoms with E-state index < -0.39 is 0 Å². The number of hydrogen-bond donors (Lipinski definition) is 1. The van der Waals surface area contributed by atoms with E-state index in [1.54, 1.807) is 0 Å². The van der Waals surface area contributed by atoms with Gasteiger partial charge in [-0.15, -0.1) is 0 Å². The van der Waals surface area contributed by atoms with Crippen molar-refractivity contribution >= 4 is 0 Å². The minimum Gasteiger partial charge on any atom is -0.310 e. The number of hydrogen-bond acceptors (Lipinski definition) is 3. The summed E-state index contributed by atoms with van der Waals surface area (Å²) in [5.74, 6) is 0. The van der Waals surface area contributed by atoms with Crippen molar-refractivity contribution in [2.24, 2.45) is 0 Å². The Morgan fingerprint density at radius 3 is 2.65 bits per heavy atom. The standard InChI is InChI=1S/C13H24N4/c1-3-16-7-5-13(6-8-16)14-9-12-10-15-17(4-2)11-12/h10-11,13-14H,3-9H2,1-2H3. The summed E-state index contributed by atoms with van der Waals surface area (Å²) in [6.07, 6.45) is 6.65. The minimum atomic E-state index is 0.683. The summed E-state index contributed by atoms with van der Waals surface area (Å²) in [7, 11) is 0. The Bertz CT molecular complexity index is 326. The Labute approximate surface area is 104 Å². The molecule has 0 radical (unpaired) electrons. The molecule has 17 heavy (non-hydrogen) atoms. The number of aromatic nitrogens is 2. The van der Waals surface area contributed by atoms with E-state index in [0.29, 0.717) is 6.04 Å². The number of nitrogens with zero attached hydrogens (tertiary/aromatic N) is 3. The molecule has 0 aromatic carbocycles. The molecule has 2 heterocycles. The summed E-state index contributed by atoms with van der Waals surface area (Å²) in [6, 6.07) is 0.683. The van der Waals surface area contributed by atoms with Crippen LogP contribution in [-0.4, -0.2) is 40.4 Å². The maximum absolute atomic E-state index is 4.29. The lowest BCUT2D eigenvalue weighted by molar-refractivity contribution is 0.206. The first-order valence-electron chi connectivity index (χ1n) is 6.79. The minimum absolute atomic E-state index is 0.683. The first-order valence-corrected chi connectivity index (χ1v) is 6.79. The highest BCUT2D eigenvalue weighted by molar-refractivity contribution is 5.03. The normalized spacial score (nSPS) is 18.7. The molecular weight excluding hydrogens is 212 g/mol. The second-order valence-corrected chi connectivity index (χ2v) is 4.79. The van der Waals surface area contributed by atoms with Gasteiger partial charge in [0, 0.05) is 30.9 Å². The zero-order valence-electron chi connectivity index (χ0n) is 11.0. The highest BCUT2D eigenvalue weighted by Crippen LogP contribution is 2.10. The lowest BCUT2D eigenvalue weighted by Crippen LogP contribution is -2.42. The van der Waals surface area contributed by atoms with Gasteiger partial charge in [0.1, 0.15) is 0 Å². The van der Waals surface area contributed by atoms with E-state index in [1.807, 2.05) is 10.9 Å². The molecule has 0 saturated carbocycles. The van der Waals surface area contributed by atoms with Crippen LogP contribution < -0.4 is 5.32 Å². The molecule has 0 atom stereocenters. The fourth-order valence-corrected chi connectivity index (χ4v) is 2.39. The molecule has 1 aromatic rings. The van der Waals surface area contributed by atoms with E-state index in [9.17, 15) is 0 Å². The van der Waals surface area contributed by atoms with Crippen molar-refractivity contribution in [1.82, 2.24) is 20.0 Å². The van der Waals surface area contributed by atoms with Crippen LogP contribution >= 0.6 is 0 Å². The molecule has 4 heteroatoms. The van der Waals surface area contributed by atoms with E-state index >= 15 is 0 Å². The third kappa shape index (κ3) is 3.54. The quantitative estimate of drug-likeness (QED) is 0.840. The van der Waals surface area contributed by atoms with Crippen molar-refractivity contribution in [3.8, 4) is 0 Å². The van der Waals surface area contributed by atoms with E-state index in [1.165, 1.54) is 38.0 Å². The van der Waals surface area contributed by atoms with Gasteiger partial charge in [0.05, 0.1) is 6.20 Å². The Balaban J connectivity index is 1.72. The van der Waals surface area contributed by atoms with Crippen molar-refractivity contribution in [2.75, 3.05) is 19.6 Å². The number of nitrogens with one attached hydrogen (secondary N) is 1. The SMILES string of the molecule is CCN1CCC(NCc2cnn(CC)c2)CC1. The summed E-state index contributed by atoms with van der Waals surface area (Å²) >= 11 is 0. The largest absolute Gasteiger partial charge is 0.310 e. The van der Waals surface area contributed by atoms with Crippen LogP contribution in [0.15, 0.2) is 12.4 Å². The van der Waals surface area contributed by atoms with Crippen LogP contribution in [0, 0.1) is 0 Å². The summed E-state index contributed by atoms with van der Waals surface area (Å²) in [4.78, 5) is 2.52. The van der Waals surface area contributed by atoms with Crippen molar-refractivity contribution in [3.05, 3.63) is 18.0 Å². The molecule has 4 nitrogen and oxygen atoms in total. The number of aryl methyl sites for hydroxylation is 1. The van der Waals surface area contributed by atoms with Gasteiger partial charge in [-0.2, -0.15) is 5.10 Å². The maximum Gasteiger partial charge on any atom is 0.0534 e. The Morgan fingerprint density at radius 2 is 2.06 bits per heavy atom. The molecule has 96 valence electrons. The van der Waals surface area contributed by atoms with Crippen molar-refractivity contribution in [1.29, 1.82) is 0 Å². The highest BCUT2D eigenvalue weighted by Gasteiger charge is 2.17. The zero-order chi connectivity index (χ0) is 12.1. The Morgan fingerprint density at radius 1 is 1.29 bits per heavy atom. The molecule has 0 spiro atoms. The third-order valence-corrected chi connectivity index (χ3v) is 3.64. The molecule has 1 N–H and O–H groups in total. The molecule has 0 aliphatic carbocycles. The topological polar surface area (TPSA) is 33.1 Å². The average molecular weight is 236 g/mol. The predicted octanol–water partition coefficient (Wildman–Crippen LogP) is 1.48. The van der Waals surface area contributed by atoms with Gasteiger partial charge in [-0.1, -0.05) is 6.92 Å². The van der Waals surface area contributed by atoms with Gasteiger partial charge in [-0.25, -0.2) is 0 Å². The molecule has 1 saturated heterocycles. The average Bonchev–Trinajstić information content (AvgIpc) is 2.85. The van der Waals surface area contributed by atoms with Crippen molar-refractivity contribution in [3.63, 3.8) is 0 Å². The van der Waals surface area contributed by atoms with Gasteiger partial charge in [-0.3, -0.25) is 4.68 Å². The second kappa shape index (κ2) is 6.17. The van der Waals surface area contributed by atoms with Gasteiger partial charge in [0.2, 0.25) is 0 Å². The summed E-state index contributed by atoms with van der Waals surface area (Å²) < 4.78 is 1.98. The molecule has 1 aromatic heterocycles. The molecule has 1 aliphatic heterocycles. The highest BCUT2D eigenvalue weighted by atomic mass is 15.3. The van der Waals surface area contributed by atoms with Crippen LogP contribution in [-0.2, 0) is 13.1 Å². The second-order valence-electron chi connectivity index (χ2n) is 4.79. The van der Waals surface area contributed by atoms with Crippen LogP contribution in [0.2, 0.25) is 0 Å². The molecule has 2 rings (SSSR count). The van der Waals surface area contributed by atoms with Crippen LogP contribution in [0.5, 0.6) is 0 Å². The summed E-state index contributed by atoms with van der Waals surface area (Å²) in [5, 5.41) is 7.93. The van der Waals surface area contributed by atoms with Crippen LogP contribution in [0.1, 0.15) is 32.3 Å². The number of likely N-dealkylation sites (tertiary alicyclic amines) is 1. The fraction of sp³-hybridized carbons (Fsp3) is 0.769. The first-order chi connectivity index (χ1) is 8.31. The third-order valence-electron chi connectivity index (χ3n) is 3.64. The molecule has 0 amide bonds. The van der Waals surface area contributed by atoms with E-state index in [4.69, 9.17) is 0 Å². The Hall–Kier alpha value is -0.870. The lowest BCUT2D eigenvalue weighted by Gasteiger charge is -2.31. The zero-order valence-corrected chi connectivity index (χ0v) is 11.0. The molecular formula is C13H24N4. The first kappa shape index (κ1) is 12.6. The van der Waals surface area contributed by atoms with E-state index in [-0.39, 0.29) is 0 Å². The van der Waals surface area contributed by atoms with Gasteiger partial charge in [0.15, 0.2) is 0 Å². The maximum atomic E-state index is 4.29. The molecule has 1 fully saturated rings. The fourth-order valence-electron chi connectivity index (χ4n) is 2.39. The number of piperidine rings is 1. The number of rotatable bonds is 5. The monoisotopic (exact) mass is 236 g/mol. The van der Waals surface area contributed by atoms with Crippen molar-refractivity contribution in [2.45, 2.75) is 45.8 Å². The van der Waals surface area contributed by atoms with Crippen LogP contribution in [0.3, 0.4) is 0 Å². The van der Waals surface area contributed by atoms with Crippen LogP contribution in [0.4, 0.5) is 0 Å². The molecule has 1 aliphatic rings. The van der Waals surface area contributed by atoms with E-state index in [2.05, 4.69) is 35.4 Å². The van der Waals surface area contributed by atoms with Gasteiger partial charge >= 0.3 is 0 Å². The smallest absolute Gasteiger partial charge is 0.0534 e. The van der Waals surface area contributed by atoms with E-state index in [0.717, 1.165) is 13.1 Å². The van der Waals surface area contributed by atoms with Gasteiger partial charge < -0.3 is 10.2 Å². The summed E-state index contributed by atoms with van der Waals surface area (Å²) in [6.45, 7) is 9.93. The Kier molecular flexibility index (Phi) is 4.57. The van der Waals surface area contributed by atoms with Gasteiger partial charge in [0.25, 0.3) is 0 Å². The molecule has 0 bridgehead atoms. The summed E-state index contributed by atoms with van der Waals surface area (Å²) in [5.41, 5.74) is 1.30. The van der Waals surface area contributed by atoms with Crippen molar-refractivity contribution < 1.29 is 0 Å².